The average Bonchev–Trinajstić information content (AvgIpc) is 2.26. The molecule has 0 bridgehead atoms. The number of nitrogens with zero attached hydrogens (tertiary/aromatic N) is 1. The van der Waals surface area contributed by atoms with Gasteiger partial charge in [0.2, 0.25) is 0 Å². The van der Waals surface area contributed by atoms with Crippen LogP contribution >= 0.6 is 24.0 Å². The molecule has 7 heteroatoms. The van der Waals surface area contributed by atoms with Crippen molar-refractivity contribution >= 4 is 30.3 Å². The molecule has 0 rings (SSSR count). The summed E-state index contributed by atoms with van der Waals surface area (Å²) in [5, 5.41) is 27.8. The molecule has 98 valence electrons. The van der Waals surface area contributed by atoms with E-state index in [9.17, 15) is 15.0 Å². The van der Waals surface area contributed by atoms with E-state index in [1.165, 1.54) is 0 Å². The van der Waals surface area contributed by atoms with E-state index in [1.807, 2.05) is 11.8 Å². The molecule has 0 saturated heterocycles. The van der Waals surface area contributed by atoms with Gasteiger partial charge in [-0.25, -0.2) is 0 Å². The lowest BCUT2D eigenvalue weighted by atomic mass is 10.1. The van der Waals surface area contributed by atoms with Crippen LogP contribution in [0.2, 0.25) is 0 Å². The molecule has 3 atom stereocenters. The van der Waals surface area contributed by atoms with Crippen LogP contribution < -0.4 is 0 Å². The largest absolute Gasteiger partial charge is 0.389 e. The highest BCUT2D eigenvalue weighted by atomic mass is 35.5. The van der Waals surface area contributed by atoms with Crippen molar-refractivity contribution in [2.75, 3.05) is 25.5 Å². The zero-order valence-corrected chi connectivity index (χ0v) is 10.7. The summed E-state index contributed by atoms with van der Waals surface area (Å²) in [6.07, 6.45) is -3.96. The summed E-state index contributed by atoms with van der Waals surface area (Å²) < 4.78 is 0. The number of carbonyl (C=O) groups excluding carboxylic acids is 1. The summed E-state index contributed by atoms with van der Waals surface area (Å²) in [6.45, 7) is 3.32. The number of aliphatic hydroxyl groups excluding tert-OH is 3. The monoisotopic (exact) mass is 275 g/mol. The fraction of sp³-hybridized carbons (Fsp3) is 0.889. The molecule has 0 spiro atoms. The van der Waals surface area contributed by atoms with Gasteiger partial charge in [-0.1, -0.05) is 6.92 Å². The molecular formula is C9H19Cl2NO4. The number of alkyl halides is 1. The maximum absolute atomic E-state index is 10.2. The quantitative estimate of drug-likeness (QED) is 0.401. The van der Waals surface area contributed by atoms with Crippen molar-refractivity contribution in [3.8, 4) is 0 Å². The highest BCUT2D eigenvalue weighted by Crippen LogP contribution is 2.02. The van der Waals surface area contributed by atoms with Gasteiger partial charge in [0, 0.05) is 19.0 Å². The molecule has 0 aromatic heterocycles. The summed E-state index contributed by atoms with van der Waals surface area (Å²) in [6, 6.07) is 0. The summed E-state index contributed by atoms with van der Waals surface area (Å²) in [5.41, 5.74) is 0. The Morgan fingerprint density at radius 1 is 1.38 bits per heavy atom. The van der Waals surface area contributed by atoms with E-state index < -0.39 is 18.3 Å². The minimum absolute atomic E-state index is 0. The molecule has 0 aliphatic rings. The Balaban J connectivity index is 0. The molecule has 0 unspecified atom stereocenters. The second-order valence-electron chi connectivity index (χ2n) is 3.27. The van der Waals surface area contributed by atoms with Crippen LogP contribution in [-0.2, 0) is 4.79 Å². The van der Waals surface area contributed by atoms with Crippen molar-refractivity contribution in [2.24, 2.45) is 0 Å². The summed E-state index contributed by atoms with van der Waals surface area (Å²) in [7, 11) is 0. The SMILES string of the molecule is CCN(CCCl)C[C@@H](O)[C@@H](O)[C@@H](O)C=O.Cl. The van der Waals surface area contributed by atoms with E-state index >= 15 is 0 Å². The standard InChI is InChI=1S/C9H18ClNO4.ClH/c1-2-11(4-3-10)5-7(13)9(15)8(14)6-12;/h6-9,13-15H,2-5H2,1H3;1H/t7-,8+,9-;/m1./s1. The van der Waals surface area contributed by atoms with Gasteiger partial charge in [-0.2, -0.15) is 0 Å². The highest BCUT2D eigenvalue weighted by Gasteiger charge is 2.25. The molecule has 0 aliphatic heterocycles. The number of aldehydes is 1. The number of halogens is 2. The first-order valence-corrected chi connectivity index (χ1v) is 5.38. The molecular weight excluding hydrogens is 257 g/mol. The van der Waals surface area contributed by atoms with Gasteiger partial charge in [-0.05, 0) is 6.54 Å². The van der Waals surface area contributed by atoms with Gasteiger partial charge >= 0.3 is 0 Å². The van der Waals surface area contributed by atoms with Crippen LogP contribution in [0.4, 0.5) is 0 Å². The Morgan fingerprint density at radius 2 is 1.94 bits per heavy atom. The summed E-state index contributed by atoms with van der Waals surface area (Å²) in [5.74, 6) is 0.424. The fourth-order valence-electron chi connectivity index (χ4n) is 1.18. The number of hydrogen-bond donors (Lipinski definition) is 3. The number of aliphatic hydroxyl groups is 3. The average molecular weight is 276 g/mol. The highest BCUT2D eigenvalue weighted by molar-refractivity contribution is 6.18. The zero-order chi connectivity index (χ0) is 11.8. The molecule has 5 nitrogen and oxygen atoms in total. The first-order chi connectivity index (χ1) is 7.06. The Kier molecular flexibility index (Phi) is 11.8. The maximum atomic E-state index is 10.2. The van der Waals surface area contributed by atoms with Crippen molar-refractivity contribution in [2.45, 2.75) is 25.2 Å². The Morgan fingerprint density at radius 3 is 2.31 bits per heavy atom. The van der Waals surface area contributed by atoms with Gasteiger partial charge in [-0.3, -0.25) is 4.90 Å². The van der Waals surface area contributed by atoms with Crippen LogP contribution in [0.5, 0.6) is 0 Å². The first-order valence-electron chi connectivity index (χ1n) is 4.84. The lowest BCUT2D eigenvalue weighted by Gasteiger charge is -2.26. The minimum atomic E-state index is -1.55. The van der Waals surface area contributed by atoms with E-state index in [4.69, 9.17) is 16.7 Å². The molecule has 0 amide bonds. The third kappa shape index (κ3) is 6.62. The molecule has 0 aromatic rings. The number of likely N-dealkylation sites (N-methyl/N-ethyl adjacent to an activating group) is 1. The van der Waals surface area contributed by atoms with E-state index in [2.05, 4.69) is 0 Å². The van der Waals surface area contributed by atoms with Crippen LogP contribution in [0.25, 0.3) is 0 Å². The van der Waals surface area contributed by atoms with Crippen molar-refractivity contribution in [3.05, 3.63) is 0 Å². The fourth-order valence-corrected chi connectivity index (χ4v) is 1.42. The van der Waals surface area contributed by atoms with Gasteiger partial charge in [0.25, 0.3) is 0 Å². The third-order valence-electron chi connectivity index (χ3n) is 2.18. The van der Waals surface area contributed by atoms with Crippen molar-refractivity contribution < 1.29 is 20.1 Å². The van der Waals surface area contributed by atoms with Gasteiger partial charge in [0.05, 0.1) is 6.10 Å². The predicted molar refractivity (Wildman–Crippen MR) is 64.2 cm³/mol. The first kappa shape index (κ1) is 18.5. The van der Waals surface area contributed by atoms with Crippen molar-refractivity contribution in [3.63, 3.8) is 0 Å². The second kappa shape index (κ2) is 10.3. The van der Waals surface area contributed by atoms with Crippen LogP contribution in [0.15, 0.2) is 0 Å². The molecule has 0 heterocycles. The predicted octanol–water partition coefficient (Wildman–Crippen LogP) is -0.750. The maximum Gasteiger partial charge on any atom is 0.151 e. The van der Waals surface area contributed by atoms with Crippen LogP contribution in [-0.4, -0.2) is 70.3 Å². The molecule has 3 N–H and O–H groups in total. The number of rotatable bonds is 8. The lowest BCUT2D eigenvalue weighted by molar-refractivity contribution is -0.126. The van der Waals surface area contributed by atoms with E-state index in [1.54, 1.807) is 0 Å². The molecule has 0 fully saturated rings. The molecule has 0 saturated carbocycles. The van der Waals surface area contributed by atoms with E-state index in [0.29, 0.717) is 19.0 Å². The van der Waals surface area contributed by atoms with Crippen LogP contribution in [0, 0.1) is 0 Å². The third-order valence-corrected chi connectivity index (χ3v) is 2.35. The Hall–Kier alpha value is 0.0900. The molecule has 0 aliphatic carbocycles. The van der Waals surface area contributed by atoms with Crippen LogP contribution in [0.3, 0.4) is 0 Å². The topological polar surface area (TPSA) is 81.0 Å². The van der Waals surface area contributed by atoms with Gasteiger partial charge in [0.1, 0.15) is 12.2 Å². The lowest BCUT2D eigenvalue weighted by Crippen LogP contribution is -2.45. The van der Waals surface area contributed by atoms with Gasteiger partial charge in [0.15, 0.2) is 6.29 Å². The van der Waals surface area contributed by atoms with Gasteiger partial charge < -0.3 is 20.1 Å². The molecule has 0 radical (unpaired) electrons. The van der Waals surface area contributed by atoms with Gasteiger partial charge in [-0.15, -0.1) is 24.0 Å². The molecule has 0 aromatic carbocycles. The number of carbonyl (C=O) groups is 1. The summed E-state index contributed by atoms with van der Waals surface area (Å²) in [4.78, 5) is 12.0. The molecule has 16 heavy (non-hydrogen) atoms. The minimum Gasteiger partial charge on any atom is -0.389 e. The normalized spacial score (nSPS) is 16.4. The van der Waals surface area contributed by atoms with E-state index in [-0.39, 0.29) is 25.2 Å². The van der Waals surface area contributed by atoms with Crippen molar-refractivity contribution in [1.82, 2.24) is 4.90 Å². The smallest absolute Gasteiger partial charge is 0.151 e. The van der Waals surface area contributed by atoms with E-state index in [0.717, 1.165) is 0 Å². The zero-order valence-electron chi connectivity index (χ0n) is 9.12. The Labute approximate surface area is 106 Å². The summed E-state index contributed by atoms with van der Waals surface area (Å²) >= 11 is 5.54. The second-order valence-corrected chi connectivity index (χ2v) is 3.64. The Bertz CT molecular complexity index is 185. The number of hydrogen-bond acceptors (Lipinski definition) is 5. The van der Waals surface area contributed by atoms with Crippen LogP contribution in [0.1, 0.15) is 6.92 Å². The van der Waals surface area contributed by atoms with Crippen molar-refractivity contribution in [1.29, 1.82) is 0 Å².